The summed E-state index contributed by atoms with van der Waals surface area (Å²) in [6.45, 7) is 6.31. The van der Waals surface area contributed by atoms with Gasteiger partial charge in [-0.3, -0.25) is 14.4 Å². The molecule has 0 radical (unpaired) electrons. The highest BCUT2D eigenvalue weighted by Gasteiger charge is 2.19. The van der Waals surface area contributed by atoms with Gasteiger partial charge in [-0.1, -0.05) is 244 Å². The van der Waals surface area contributed by atoms with Crippen molar-refractivity contribution in [3.8, 4) is 0 Å². The number of esters is 3. The summed E-state index contributed by atoms with van der Waals surface area (Å²) in [7, 11) is 0. The third-order valence-corrected chi connectivity index (χ3v) is 11.5. The highest BCUT2D eigenvalue weighted by atomic mass is 16.6. The number of allylic oxidation sites excluding steroid dienone is 22. The van der Waals surface area contributed by atoms with Crippen molar-refractivity contribution in [2.24, 2.45) is 0 Å². The van der Waals surface area contributed by atoms with Crippen LogP contribution in [-0.2, 0) is 28.6 Å². The first-order valence-electron chi connectivity index (χ1n) is 28.3. The molecule has 0 saturated carbocycles. The molecule has 0 aromatic rings. The Balaban J connectivity index is 4.52. The molecule has 6 nitrogen and oxygen atoms in total. The molecule has 0 amide bonds. The van der Waals surface area contributed by atoms with Crippen molar-refractivity contribution in [2.75, 3.05) is 13.2 Å². The number of carbonyl (C=O) groups excluding carboxylic acids is 3. The summed E-state index contributed by atoms with van der Waals surface area (Å²) in [6, 6.07) is 0. The summed E-state index contributed by atoms with van der Waals surface area (Å²) in [5.74, 6) is -0.967. The van der Waals surface area contributed by atoms with Crippen molar-refractivity contribution in [3.05, 3.63) is 134 Å². The summed E-state index contributed by atoms with van der Waals surface area (Å²) in [5, 5.41) is 0. The van der Waals surface area contributed by atoms with E-state index in [4.69, 9.17) is 14.2 Å². The van der Waals surface area contributed by atoms with Gasteiger partial charge >= 0.3 is 17.9 Å². The minimum absolute atomic E-state index is 0.107. The van der Waals surface area contributed by atoms with E-state index in [2.05, 4.69) is 136 Å². The van der Waals surface area contributed by atoms with Crippen LogP contribution in [0.4, 0.5) is 0 Å². The van der Waals surface area contributed by atoms with Crippen LogP contribution in [0.3, 0.4) is 0 Å². The smallest absolute Gasteiger partial charge is 0.306 e. The van der Waals surface area contributed by atoms with E-state index >= 15 is 0 Å². The van der Waals surface area contributed by atoms with Crippen molar-refractivity contribution in [1.29, 1.82) is 0 Å². The van der Waals surface area contributed by atoms with Gasteiger partial charge in [0.1, 0.15) is 13.2 Å². The molecule has 0 aromatic heterocycles. The van der Waals surface area contributed by atoms with Crippen molar-refractivity contribution in [2.45, 2.75) is 239 Å². The highest BCUT2D eigenvalue weighted by Crippen LogP contribution is 2.13. The Morgan fingerprint density at radius 1 is 0.314 bits per heavy atom. The van der Waals surface area contributed by atoms with Gasteiger partial charge in [0.2, 0.25) is 0 Å². The zero-order valence-electron chi connectivity index (χ0n) is 45.0. The fraction of sp³-hybridized carbons (Fsp3) is 0.609. The number of ether oxygens (including phenoxy) is 3. The molecule has 70 heavy (non-hydrogen) atoms. The zero-order valence-corrected chi connectivity index (χ0v) is 45.0. The van der Waals surface area contributed by atoms with Crippen LogP contribution in [0.1, 0.15) is 233 Å². The second-order valence-electron chi connectivity index (χ2n) is 18.2. The lowest BCUT2D eigenvalue weighted by molar-refractivity contribution is -0.167. The second-order valence-corrected chi connectivity index (χ2v) is 18.2. The Morgan fingerprint density at radius 2 is 0.629 bits per heavy atom. The number of hydrogen-bond donors (Lipinski definition) is 0. The summed E-state index contributed by atoms with van der Waals surface area (Å²) >= 11 is 0. The monoisotopic (exact) mass is 967 g/mol. The second kappa shape index (κ2) is 57.1. The van der Waals surface area contributed by atoms with Gasteiger partial charge < -0.3 is 14.2 Å². The molecular formula is C64H102O6. The van der Waals surface area contributed by atoms with Crippen LogP contribution in [-0.4, -0.2) is 37.2 Å². The van der Waals surface area contributed by atoms with Crippen LogP contribution in [0.2, 0.25) is 0 Å². The summed E-state index contributed by atoms with van der Waals surface area (Å²) in [5.41, 5.74) is 0. The molecule has 0 aliphatic carbocycles. The van der Waals surface area contributed by atoms with E-state index in [0.717, 1.165) is 148 Å². The maximum Gasteiger partial charge on any atom is 0.306 e. The normalized spacial score (nSPS) is 13.1. The van der Waals surface area contributed by atoms with E-state index in [-0.39, 0.29) is 31.1 Å². The standard InChI is InChI=1S/C64H102O6/c1-4-7-10-13-16-19-22-25-28-30-32-34-36-39-42-45-48-51-54-57-63(66)69-60-61(59-68-62(65)56-53-50-47-44-41-38-35-27-24-21-18-15-12-9-6-3)70-64(67)58-55-52-49-46-43-40-37-33-31-29-26-23-20-17-14-11-8-5-2/h7,9-10,12,15-16,18-19,21,23-29,31-35,37,61H,4-6,8,11,13-14,17,20,22,30,36,38-60H2,1-3H3/b10-7-,12-9-,18-15-,19-16-,24-21-,26-23-,28-25-,31-29-,34-32-,35-27-,37-33-. The Bertz CT molecular complexity index is 1530. The molecule has 1 unspecified atom stereocenters. The largest absolute Gasteiger partial charge is 0.462 e. The molecule has 0 saturated heterocycles. The Morgan fingerprint density at radius 3 is 1.04 bits per heavy atom. The van der Waals surface area contributed by atoms with Gasteiger partial charge in [-0.15, -0.1) is 0 Å². The van der Waals surface area contributed by atoms with Gasteiger partial charge in [-0.25, -0.2) is 0 Å². The zero-order chi connectivity index (χ0) is 50.7. The quantitative estimate of drug-likeness (QED) is 0.0199. The van der Waals surface area contributed by atoms with E-state index in [0.29, 0.717) is 19.3 Å². The molecule has 1 atom stereocenters. The molecule has 0 N–H and O–H groups in total. The van der Waals surface area contributed by atoms with E-state index in [9.17, 15) is 14.4 Å². The van der Waals surface area contributed by atoms with Crippen molar-refractivity contribution in [3.63, 3.8) is 0 Å². The first kappa shape index (κ1) is 65.5. The maximum absolute atomic E-state index is 12.9. The van der Waals surface area contributed by atoms with Gasteiger partial charge in [-0.05, 0) is 103 Å². The van der Waals surface area contributed by atoms with Crippen LogP contribution in [0, 0.1) is 0 Å². The molecule has 0 aliphatic rings. The summed E-state index contributed by atoms with van der Waals surface area (Å²) in [6.07, 6.45) is 80.0. The van der Waals surface area contributed by atoms with E-state index in [1.807, 2.05) is 18.2 Å². The minimum atomic E-state index is -0.811. The van der Waals surface area contributed by atoms with Crippen LogP contribution in [0.5, 0.6) is 0 Å². The van der Waals surface area contributed by atoms with Gasteiger partial charge in [-0.2, -0.15) is 0 Å². The van der Waals surface area contributed by atoms with E-state index < -0.39 is 6.10 Å². The molecule has 0 rings (SSSR count). The van der Waals surface area contributed by atoms with Gasteiger partial charge in [0.25, 0.3) is 0 Å². The molecule has 6 heteroatoms. The Hall–Kier alpha value is -4.45. The van der Waals surface area contributed by atoms with Crippen molar-refractivity contribution >= 4 is 17.9 Å². The van der Waals surface area contributed by atoms with Crippen LogP contribution < -0.4 is 0 Å². The van der Waals surface area contributed by atoms with Crippen molar-refractivity contribution < 1.29 is 28.6 Å². The molecule has 0 bridgehead atoms. The van der Waals surface area contributed by atoms with Gasteiger partial charge in [0.15, 0.2) is 6.10 Å². The average Bonchev–Trinajstić information content (AvgIpc) is 3.36. The Kier molecular flexibility index (Phi) is 53.5. The van der Waals surface area contributed by atoms with Crippen LogP contribution in [0.25, 0.3) is 0 Å². The van der Waals surface area contributed by atoms with Crippen molar-refractivity contribution in [1.82, 2.24) is 0 Å². The summed E-state index contributed by atoms with van der Waals surface area (Å²) in [4.78, 5) is 38.2. The first-order valence-corrected chi connectivity index (χ1v) is 28.3. The lowest BCUT2D eigenvalue weighted by Crippen LogP contribution is -2.30. The molecule has 0 aromatic carbocycles. The maximum atomic E-state index is 12.9. The third-order valence-electron chi connectivity index (χ3n) is 11.5. The highest BCUT2D eigenvalue weighted by molar-refractivity contribution is 5.71. The topological polar surface area (TPSA) is 78.9 Å². The molecular weight excluding hydrogens is 865 g/mol. The van der Waals surface area contributed by atoms with Gasteiger partial charge in [0.05, 0.1) is 0 Å². The third kappa shape index (κ3) is 54.5. The Labute approximate surface area is 430 Å². The fourth-order valence-electron chi connectivity index (χ4n) is 7.33. The number of carbonyl (C=O) groups is 3. The molecule has 394 valence electrons. The number of unbranched alkanes of at least 4 members (excludes halogenated alkanes) is 21. The SMILES string of the molecule is CC\C=C/C=C\C=C/C=C\CCCCCCCC(=O)OCC(COC(=O)CCCCCCCC/C=C\C/C=C\C/C=C\C/C=C\CC)OC(=O)CCCCCCC\C=C/C=C\C=C/CCCCCCC. The predicted molar refractivity (Wildman–Crippen MR) is 302 cm³/mol. The fourth-order valence-corrected chi connectivity index (χ4v) is 7.33. The lowest BCUT2D eigenvalue weighted by Gasteiger charge is -2.18. The van der Waals surface area contributed by atoms with Crippen LogP contribution in [0.15, 0.2) is 134 Å². The molecule has 0 heterocycles. The molecule has 0 fully saturated rings. The van der Waals surface area contributed by atoms with E-state index in [1.165, 1.54) is 44.9 Å². The predicted octanol–water partition coefficient (Wildman–Crippen LogP) is 19.0. The molecule has 0 aliphatic heterocycles. The average molecular weight is 968 g/mol. The minimum Gasteiger partial charge on any atom is -0.462 e. The molecule has 0 spiro atoms. The van der Waals surface area contributed by atoms with Gasteiger partial charge in [0, 0.05) is 19.3 Å². The number of rotatable bonds is 49. The lowest BCUT2D eigenvalue weighted by atomic mass is 10.1. The van der Waals surface area contributed by atoms with E-state index in [1.54, 1.807) is 0 Å². The van der Waals surface area contributed by atoms with Crippen LogP contribution >= 0.6 is 0 Å². The first-order chi connectivity index (χ1) is 34.5. The number of hydrogen-bond acceptors (Lipinski definition) is 6. The summed E-state index contributed by atoms with van der Waals surface area (Å²) < 4.78 is 16.8.